The maximum absolute atomic E-state index is 12.9. The van der Waals surface area contributed by atoms with E-state index in [-0.39, 0.29) is 61.2 Å². The molecule has 22 nitrogen and oxygen atoms in total. The summed E-state index contributed by atoms with van der Waals surface area (Å²) in [7, 11) is 0. The highest BCUT2D eigenvalue weighted by atomic mass is 32.2. The molecule has 18 rings (SSSR count). The van der Waals surface area contributed by atoms with Gasteiger partial charge in [0.15, 0.2) is 5.78 Å². The Kier molecular flexibility index (Phi) is 29.4. The lowest BCUT2D eigenvalue weighted by Gasteiger charge is -2.09. The Bertz CT molecular complexity index is 6280. The van der Waals surface area contributed by atoms with E-state index in [9.17, 15) is 61.1 Å². The summed E-state index contributed by atoms with van der Waals surface area (Å²) in [6, 6.07) is 64.4. The Labute approximate surface area is 758 Å². The molecule has 634 valence electrons. The van der Waals surface area contributed by atoms with Crippen LogP contribution in [0.15, 0.2) is 268 Å². The van der Waals surface area contributed by atoms with Crippen LogP contribution >= 0.6 is 107 Å². The van der Waals surface area contributed by atoms with Crippen LogP contribution in [0.3, 0.4) is 0 Å². The molecule has 0 radical (unpaired) electrons. The Balaban J connectivity index is 0.000000130. The van der Waals surface area contributed by atoms with Crippen LogP contribution in [0, 0.1) is 34.6 Å². The van der Waals surface area contributed by atoms with Crippen molar-refractivity contribution in [3.63, 3.8) is 0 Å². The summed E-state index contributed by atoms with van der Waals surface area (Å²) in [5.74, 6) is 5.34. The summed E-state index contributed by atoms with van der Waals surface area (Å²) in [6.45, 7) is 11.2. The fourth-order valence-corrected chi connectivity index (χ4v) is 16.9. The first-order chi connectivity index (χ1) is 60.2. The van der Waals surface area contributed by atoms with E-state index in [0.29, 0.717) is 73.2 Å². The summed E-state index contributed by atoms with van der Waals surface area (Å²) >= 11 is 21.3. The van der Waals surface area contributed by atoms with Crippen molar-refractivity contribution in [2.75, 3.05) is 0 Å². The van der Waals surface area contributed by atoms with Gasteiger partial charge in [-0.05, 0) is 197 Å². The van der Waals surface area contributed by atoms with E-state index in [1.165, 1.54) is 71.4 Å². The third-order valence-electron chi connectivity index (χ3n) is 17.8. The quantitative estimate of drug-likeness (QED) is 0.0355. The number of furan rings is 6. The van der Waals surface area contributed by atoms with Crippen molar-refractivity contribution in [1.29, 1.82) is 0 Å². The number of alkyl halides is 3. The fraction of sp³-hybridized carbons (Fsp3) is 0.0761. The Morgan fingerprint density at radius 3 is 0.873 bits per heavy atom. The van der Waals surface area contributed by atoms with Gasteiger partial charge in [0.1, 0.15) is 82.8 Å². The summed E-state index contributed by atoms with van der Waals surface area (Å²) in [6.07, 6.45) is 5.21. The third kappa shape index (κ3) is 24.8. The van der Waals surface area contributed by atoms with Crippen LogP contribution in [0.25, 0.3) is 104 Å². The van der Waals surface area contributed by atoms with E-state index >= 15 is 0 Å². The van der Waals surface area contributed by atoms with Gasteiger partial charge in [-0.25, -0.2) is 0 Å². The Morgan fingerprint density at radius 1 is 0.302 bits per heavy atom. The topological polar surface area (TPSA) is 322 Å². The van der Waals surface area contributed by atoms with E-state index in [1.54, 1.807) is 79.7 Å². The van der Waals surface area contributed by atoms with Gasteiger partial charge < -0.3 is 37.1 Å². The number of thioether (sulfide) groups is 6. The van der Waals surface area contributed by atoms with Crippen LogP contribution < -0.4 is 31.9 Å². The van der Waals surface area contributed by atoms with Gasteiger partial charge >= 0.3 is 6.18 Å². The minimum atomic E-state index is -4.45. The normalized spacial score (nSPS) is 16.6. The molecule has 9 amide bonds. The fourth-order valence-electron chi connectivity index (χ4n) is 11.7. The first-order valence-electron chi connectivity index (χ1n) is 37.4. The van der Waals surface area contributed by atoms with E-state index in [0.717, 1.165) is 126 Å². The van der Waals surface area contributed by atoms with Crippen LogP contribution in [-0.4, -0.2) is 69.9 Å². The monoisotopic (exact) mass is 1850 g/mol. The summed E-state index contributed by atoms with van der Waals surface area (Å²) in [5.41, 5.74) is 10.2. The molecule has 6 aromatic heterocycles. The molecule has 6 aliphatic rings. The second-order valence-electron chi connectivity index (χ2n) is 27.5. The lowest BCUT2D eigenvalue weighted by molar-refractivity contribution is -0.137. The second kappa shape index (κ2) is 40.8. The van der Waals surface area contributed by atoms with Crippen LogP contribution in [0.2, 0.25) is 0 Å². The molecule has 0 atom stereocenters. The lowest BCUT2D eigenvalue weighted by Crippen LogP contribution is -2.17. The summed E-state index contributed by atoms with van der Waals surface area (Å²) < 4.78 is 73.9. The van der Waals surface area contributed by atoms with Crippen LogP contribution in [-0.2, 0) is 30.1 Å². The Hall–Kier alpha value is -12.9. The highest BCUT2D eigenvalue weighted by molar-refractivity contribution is 8.27. The number of Topliss-reactive ketones (excluding diaryl/α,β-unsaturated/α-hetero) is 1. The molecule has 0 unspecified atom stereocenters. The zero-order chi connectivity index (χ0) is 89.6. The molecule has 12 aromatic rings. The summed E-state index contributed by atoms with van der Waals surface area (Å²) in [4.78, 5) is 116. The molecule has 6 fully saturated rings. The van der Waals surface area contributed by atoms with Crippen molar-refractivity contribution in [3.05, 3.63) is 315 Å². The predicted octanol–water partition coefficient (Wildman–Crippen LogP) is 23.5. The molecule has 34 heteroatoms. The molecule has 6 aromatic carbocycles. The van der Waals surface area contributed by atoms with Crippen molar-refractivity contribution in [2.24, 2.45) is 0 Å². The zero-order valence-electron chi connectivity index (χ0n) is 66.5. The molecule has 6 saturated heterocycles. The maximum Gasteiger partial charge on any atom is 0.416 e. The molecule has 6 N–H and O–H groups in total. The van der Waals surface area contributed by atoms with Gasteiger partial charge in [-0.3, -0.25) is 69.2 Å². The largest absolute Gasteiger partial charge is 0.457 e. The molecule has 0 saturated carbocycles. The average Bonchev–Trinajstić information content (AvgIpc) is 1.59. The van der Waals surface area contributed by atoms with Gasteiger partial charge in [-0.15, -0.1) is 0 Å². The third-order valence-corrected chi connectivity index (χ3v) is 23.9. The number of amides is 9. The Morgan fingerprint density at radius 2 is 0.587 bits per heavy atom. The molecule has 12 heterocycles. The van der Waals surface area contributed by atoms with Crippen molar-refractivity contribution < 1.29 is 87.6 Å². The molecule has 0 bridgehead atoms. The van der Waals surface area contributed by atoms with Gasteiger partial charge in [0.25, 0.3) is 50.5 Å². The number of thiocarbonyl (C=S) groups is 3. The number of aryl methyl sites for hydroxylation is 5. The number of benzene rings is 6. The lowest BCUT2D eigenvalue weighted by atomic mass is 10.0. The van der Waals surface area contributed by atoms with Crippen molar-refractivity contribution >= 4 is 214 Å². The summed E-state index contributed by atoms with van der Waals surface area (Å²) in [5, 5.41) is 12.7. The van der Waals surface area contributed by atoms with E-state index in [1.807, 2.05) is 136 Å². The van der Waals surface area contributed by atoms with Gasteiger partial charge in [-0.2, -0.15) is 13.2 Å². The van der Waals surface area contributed by atoms with Crippen LogP contribution in [0.5, 0.6) is 0 Å². The van der Waals surface area contributed by atoms with Gasteiger partial charge in [0, 0.05) is 69.3 Å². The first-order valence-corrected chi connectivity index (χ1v) is 43.5. The first kappa shape index (κ1) is 90.8. The van der Waals surface area contributed by atoms with Crippen molar-refractivity contribution in [1.82, 2.24) is 31.9 Å². The number of imide groups is 4. The van der Waals surface area contributed by atoms with E-state index < -0.39 is 28.8 Å². The number of carbonyl (C=O) groups is 10. The number of ketones is 1. The van der Waals surface area contributed by atoms with E-state index in [4.69, 9.17) is 63.2 Å². The molecule has 0 spiro atoms. The highest BCUT2D eigenvalue weighted by Gasteiger charge is 2.33. The van der Waals surface area contributed by atoms with Gasteiger partial charge in [-0.1, -0.05) is 198 Å². The number of carbonyl (C=O) groups excluding carboxylic acids is 10. The van der Waals surface area contributed by atoms with Crippen LogP contribution in [0.4, 0.5) is 32.3 Å². The molecule has 6 aliphatic heterocycles. The zero-order valence-corrected chi connectivity index (χ0v) is 73.9. The van der Waals surface area contributed by atoms with Gasteiger partial charge in [0.05, 0.1) is 35.0 Å². The number of halogens is 3. The van der Waals surface area contributed by atoms with Crippen molar-refractivity contribution in [3.8, 4) is 67.9 Å². The second-order valence-corrected chi connectivity index (χ2v) is 35.4. The standard InChI is InChI=1S/C16H10F3NO3S.C16H11NO4S.2C15H11NO3S.C15H11NO2S2.C15H11NOS3/c1-8-4-9(6-10(5-8)16(17,18)19)12-3-2-11(23-12)7-13-14(21)20-15(22)24-13;1-9(18)10-2-4-11(5-3-10)13-7-6-12(21-13)8-14-15(19)17-16(20)22-14;1-9-2-4-10(5-3-9)12-7-6-11(19-12)8-13-14(17)16-15(18)20-13;1-9-3-2-4-10(7-9)12-6-5-11(19-12)8-13-14(17)16-15(18)20-13;1-9-2-4-10(5-3-9)12-7-6-11(18-12)8-13-14(17)16-15(19)20-13;1-9-2-4-10(5-3-9)12-7-6-11(17-12)8-13-14(18)16-15(19)20-13/h2-7H,1H3,(H,20,21,22);2-8H,1H3,(H,17,19,20);2*2-8H,1H3,(H,16,17,18);2-8H,1H3,(H,16,17,19);2-8H,1H3,(H,16,18,19)/b;14-8-;;;;. The molecular weight excluding hydrogens is 1790 g/mol. The maximum atomic E-state index is 12.9. The van der Waals surface area contributed by atoms with E-state index in [2.05, 4.69) is 63.1 Å². The average molecular weight is 1860 g/mol. The molecule has 126 heavy (non-hydrogen) atoms. The minimum Gasteiger partial charge on any atom is -0.457 e. The van der Waals surface area contributed by atoms with Gasteiger partial charge in [0.2, 0.25) is 0 Å². The molecule has 0 aliphatic carbocycles. The SMILES string of the molecule is CC(=O)c1ccc(-c2ccc(/C=C3\SC(=O)NC3=O)o2)cc1.Cc1cc(-c2ccc(C=C3SC(=O)NC3=O)o2)cc(C(F)(F)F)c1.Cc1ccc(-c2ccc(C=C3SC(=O)NC3=O)o2)cc1.Cc1ccc(-c2ccc(C=C3SC(=S)NC3=O)o2)cc1.Cc1ccc(-c2ccc(C=C3SC(=S)NC3=S)o2)cc1.Cc1cccc(-c2ccc(C=C3SC(=O)NC3=O)o2)c1. The number of hydrogen-bond acceptors (Lipinski definition) is 25. The minimum absolute atomic E-state index is 0.00496. The van der Waals surface area contributed by atoms with Crippen LogP contribution in [0.1, 0.15) is 85.2 Å². The number of nitrogens with one attached hydrogen (secondary N) is 6. The van der Waals surface area contributed by atoms with Crippen molar-refractivity contribution in [2.45, 2.75) is 47.7 Å². The smallest absolute Gasteiger partial charge is 0.416 e. The highest BCUT2D eigenvalue weighted by Crippen LogP contribution is 2.39. The molecular formula is C92H65F3N6O16S9. The number of hydrogen-bond donors (Lipinski definition) is 6. The predicted molar refractivity (Wildman–Crippen MR) is 500 cm³/mol. The number of rotatable bonds is 13.